The maximum atomic E-state index is 9.39. The molecule has 0 amide bonds. The number of nitriles is 2. The summed E-state index contributed by atoms with van der Waals surface area (Å²) in [6.07, 6.45) is 1.93. The van der Waals surface area contributed by atoms with Crippen LogP contribution in [0.4, 0.5) is 0 Å². The van der Waals surface area contributed by atoms with E-state index in [9.17, 15) is 5.26 Å². The first kappa shape index (κ1) is 12.5. The van der Waals surface area contributed by atoms with Gasteiger partial charge in [0.25, 0.3) is 0 Å². The average Bonchev–Trinajstić information content (AvgIpc) is 2.87. The lowest BCUT2D eigenvalue weighted by atomic mass is 9.89. The zero-order valence-electron chi connectivity index (χ0n) is 11.1. The topological polar surface area (TPSA) is 47.6 Å². The fourth-order valence-electron chi connectivity index (χ4n) is 3.01. The molecule has 0 radical (unpaired) electrons. The van der Waals surface area contributed by atoms with Gasteiger partial charge in [0, 0.05) is 6.42 Å². The van der Waals surface area contributed by atoms with Gasteiger partial charge in [0.1, 0.15) is 0 Å². The van der Waals surface area contributed by atoms with Gasteiger partial charge >= 0.3 is 0 Å². The standard InChI is InChI=1S/C18H14N2/c19-10-4-6-14(12-20)16-8-3-9-17-15-7-2-1-5-13(15)11-18(16)17/h1-3,5,7-9,14H,4,6,11H2. The zero-order chi connectivity index (χ0) is 13.9. The Morgan fingerprint density at radius 3 is 2.60 bits per heavy atom. The second-order valence-corrected chi connectivity index (χ2v) is 5.09. The van der Waals surface area contributed by atoms with Crippen LogP contribution in [0.5, 0.6) is 0 Å². The lowest BCUT2D eigenvalue weighted by molar-refractivity contribution is 0.761. The molecule has 0 spiro atoms. The summed E-state index contributed by atoms with van der Waals surface area (Å²) in [6, 6.07) is 19.1. The predicted octanol–water partition coefficient (Wildman–Crippen LogP) is 4.17. The molecule has 1 unspecified atom stereocenters. The van der Waals surface area contributed by atoms with Crippen LogP contribution < -0.4 is 0 Å². The highest BCUT2D eigenvalue weighted by atomic mass is 14.3. The van der Waals surface area contributed by atoms with Crippen molar-refractivity contribution in [3.05, 3.63) is 59.2 Å². The van der Waals surface area contributed by atoms with E-state index >= 15 is 0 Å². The first-order chi connectivity index (χ1) is 9.85. The van der Waals surface area contributed by atoms with Crippen molar-refractivity contribution in [2.24, 2.45) is 0 Å². The van der Waals surface area contributed by atoms with E-state index in [1.165, 1.54) is 22.3 Å². The first-order valence-electron chi connectivity index (χ1n) is 6.81. The van der Waals surface area contributed by atoms with Crippen LogP contribution in [0, 0.1) is 22.7 Å². The van der Waals surface area contributed by atoms with E-state index in [1.54, 1.807) is 0 Å². The van der Waals surface area contributed by atoms with Crippen LogP contribution in [-0.4, -0.2) is 0 Å². The van der Waals surface area contributed by atoms with Gasteiger partial charge in [-0.05, 0) is 40.7 Å². The smallest absolute Gasteiger partial charge is 0.0725 e. The van der Waals surface area contributed by atoms with Crippen LogP contribution in [0.3, 0.4) is 0 Å². The lowest BCUT2D eigenvalue weighted by Crippen LogP contribution is -2.00. The second kappa shape index (κ2) is 5.19. The van der Waals surface area contributed by atoms with Gasteiger partial charge < -0.3 is 0 Å². The Bertz CT molecular complexity index is 732. The van der Waals surface area contributed by atoms with E-state index in [-0.39, 0.29) is 5.92 Å². The summed E-state index contributed by atoms with van der Waals surface area (Å²) < 4.78 is 0. The van der Waals surface area contributed by atoms with Crippen molar-refractivity contribution >= 4 is 0 Å². The zero-order valence-corrected chi connectivity index (χ0v) is 11.1. The van der Waals surface area contributed by atoms with Gasteiger partial charge in [0.2, 0.25) is 0 Å². The average molecular weight is 258 g/mol. The summed E-state index contributed by atoms with van der Waals surface area (Å²) in [5, 5.41) is 18.1. The normalized spacial score (nSPS) is 12.9. The van der Waals surface area contributed by atoms with E-state index in [1.807, 2.05) is 12.1 Å². The number of rotatable bonds is 3. The van der Waals surface area contributed by atoms with Crippen LogP contribution in [-0.2, 0) is 6.42 Å². The summed E-state index contributed by atoms with van der Waals surface area (Å²) in [7, 11) is 0. The molecule has 0 aliphatic heterocycles. The number of hydrogen-bond donors (Lipinski definition) is 0. The van der Waals surface area contributed by atoms with E-state index in [2.05, 4.69) is 42.5 Å². The Hall–Kier alpha value is -2.58. The van der Waals surface area contributed by atoms with Crippen LogP contribution in [0.1, 0.15) is 35.4 Å². The molecule has 1 aliphatic carbocycles. The maximum Gasteiger partial charge on any atom is 0.0725 e. The molecule has 2 heteroatoms. The molecule has 2 aromatic carbocycles. The van der Waals surface area contributed by atoms with Crippen molar-refractivity contribution < 1.29 is 0 Å². The molecule has 0 saturated carbocycles. The van der Waals surface area contributed by atoms with Crippen molar-refractivity contribution in [2.75, 3.05) is 0 Å². The van der Waals surface area contributed by atoms with Gasteiger partial charge in [-0.15, -0.1) is 0 Å². The lowest BCUT2D eigenvalue weighted by Gasteiger charge is -2.12. The molecule has 3 rings (SSSR count). The van der Waals surface area contributed by atoms with Gasteiger partial charge in [-0.25, -0.2) is 0 Å². The predicted molar refractivity (Wildman–Crippen MR) is 77.9 cm³/mol. The Balaban J connectivity index is 2.05. The van der Waals surface area contributed by atoms with Gasteiger partial charge in [-0.1, -0.05) is 42.5 Å². The van der Waals surface area contributed by atoms with Crippen molar-refractivity contribution in [3.63, 3.8) is 0 Å². The summed E-state index contributed by atoms with van der Waals surface area (Å²) in [4.78, 5) is 0. The third kappa shape index (κ3) is 1.96. The molecule has 0 N–H and O–H groups in total. The molecular formula is C18H14N2. The molecule has 2 aromatic rings. The Morgan fingerprint density at radius 2 is 1.80 bits per heavy atom. The van der Waals surface area contributed by atoms with Crippen LogP contribution in [0.25, 0.3) is 11.1 Å². The highest BCUT2D eigenvalue weighted by Gasteiger charge is 2.23. The van der Waals surface area contributed by atoms with Gasteiger partial charge in [0.15, 0.2) is 0 Å². The largest absolute Gasteiger partial charge is 0.198 e. The highest BCUT2D eigenvalue weighted by molar-refractivity contribution is 5.78. The maximum absolute atomic E-state index is 9.39. The number of hydrogen-bond acceptors (Lipinski definition) is 2. The minimum atomic E-state index is -0.182. The third-order valence-corrected chi connectivity index (χ3v) is 3.96. The van der Waals surface area contributed by atoms with Crippen molar-refractivity contribution in [3.8, 4) is 23.3 Å². The number of fused-ring (bicyclic) bond motifs is 3. The van der Waals surface area contributed by atoms with E-state index in [0.29, 0.717) is 12.8 Å². The molecule has 1 aliphatic rings. The molecule has 1 atom stereocenters. The Kier molecular flexibility index (Phi) is 3.23. The quantitative estimate of drug-likeness (QED) is 0.708. The monoisotopic (exact) mass is 258 g/mol. The van der Waals surface area contributed by atoms with Crippen molar-refractivity contribution in [2.45, 2.75) is 25.2 Å². The van der Waals surface area contributed by atoms with E-state index < -0.39 is 0 Å². The molecule has 0 saturated heterocycles. The molecule has 0 fully saturated rings. The molecule has 20 heavy (non-hydrogen) atoms. The minimum absolute atomic E-state index is 0.182. The van der Waals surface area contributed by atoms with Crippen LogP contribution >= 0.6 is 0 Å². The summed E-state index contributed by atoms with van der Waals surface area (Å²) in [5.41, 5.74) is 6.21. The molecule has 0 heterocycles. The SMILES string of the molecule is N#CCCC(C#N)c1cccc2c1Cc1ccccc1-2. The van der Waals surface area contributed by atoms with Crippen molar-refractivity contribution in [1.29, 1.82) is 10.5 Å². The van der Waals surface area contributed by atoms with Gasteiger partial charge in [-0.3, -0.25) is 0 Å². The van der Waals surface area contributed by atoms with Crippen molar-refractivity contribution in [1.82, 2.24) is 0 Å². The molecule has 0 bridgehead atoms. The van der Waals surface area contributed by atoms with Gasteiger partial charge in [-0.2, -0.15) is 10.5 Å². The fraction of sp³-hybridized carbons (Fsp3) is 0.222. The summed E-state index contributed by atoms with van der Waals surface area (Å²) in [6.45, 7) is 0. The molecule has 2 nitrogen and oxygen atoms in total. The van der Waals surface area contributed by atoms with Crippen LogP contribution in [0.15, 0.2) is 42.5 Å². The molecular weight excluding hydrogens is 244 g/mol. The molecule has 96 valence electrons. The number of benzene rings is 2. The van der Waals surface area contributed by atoms with E-state index in [4.69, 9.17) is 5.26 Å². The van der Waals surface area contributed by atoms with E-state index in [0.717, 1.165) is 12.0 Å². The second-order valence-electron chi connectivity index (χ2n) is 5.09. The highest BCUT2D eigenvalue weighted by Crippen LogP contribution is 2.40. The molecule has 0 aromatic heterocycles. The Labute approximate surface area is 118 Å². The minimum Gasteiger partial charge on any atom is -0.198 e. The summed E-state index contributed by atoms with van der Waals surface area (Å²) in [5.74, 6) is -0.182. The fourth-order valence-corrected chi connectivity index (χ4v) is 3.01. The third-order valence-electron chi connectivity index (χ3n) is 3.96. The summed E-state index contributed by atoms with van der Waals surface area (Å²) >= 11 is 0. The number of nitrogens with zero attached hydrogens (tertiary/aromatic N) is 2. The van der Waals surface area contributed by atoms with Crippen LogP contribution in [0.2, 0.25) is 0 Å². The Morgan fingerprint density at radius 1 is 1.00 bits per heavy atom. The first-order valence-corrected chi connectivity index (χ1v) is 6.81. The van der Waals surface area contributed by atoms with Gasteiger partial charge in [0.05, 0.1) is 18.1 Å².